The van der Waals surface area contributed by atoms with Gasteiger partial charge in [-0.1, -0.05) is 48.1 Å². The molecule has 1 saturated carbocycles. The molecule has 2 nitrogen and oxygen atoms in total. The summed E-state index contributed by atoms with van der Waals surface area (Å²) in [6, 6.07) is 8.38. The molecule has 1 aliphatic heterocycles. The molecule has 1 aromatic carbocycles. The zero-order chi connectivity index (χ0) is 14.5. The fraction of sp³-hybridized carbons (Fsp3) is 0.300. The van der Waals surface area contributed by atoms with E-state index in [1.54, 1.807) is 0 Å². The normalized spacial score (nSPS) is 31.1. The number of allylic oxidation sites excluding steroid dienone is 3. The molecule has 0 amide bonds. The molecular weight excluding hydrogens is 272 g/mol. The number of hydrogen-bond acceptors (Lipinski definition) is 2. The SMILES string of the molecule is C1=CCC2CCC(C3OC=C4C=c5ccccc5=C4O3)C2=C1. The highest BCUT2D eigenvalue weighted by molar-refractivity contribution is 5.78. The summed E-state index contributed by atoms with van der Waals surface area (Å²) < 4.78 is 12.3. The van der Waals surface area contributed by atoms with Gasteiger partial charge in [0.15, 0.2) is 0 Å². The second kappa shape index (κ2) is 4.64. The van der Waals surface area contributed by atoms with E-state index < -0.39 is 0 Å². The van der Waals surface area contributed by atoms with Gasteiger partial charge in [0.1, 0.15) is 5.76 Å². The van der Waals surface area contributed by atoms with Crippen LogP contribution in [0.25, 0.3) is 11.8 Å². The maximum Gasteiger partial charge on any atom is 0.246 e. The second-order valence-electron chi connectivity index (χ2n) is 6.47. The quantitative estimate of drug-likeness (QED) is 0.792. The summed E-state index contributed by atoms with van der Waals surface area (Å²) in [5.41, 5.74) is 2.57. The van der Waals surface area contributed by atoms with Crippen molar-refractivity contribution >= 4 is 11.8 Å². The number of hydrogen-bond donors (Lipinski definition) is 0. The summed E-state index contributed by atoms with van der Waals surface area (Å²) in [6.07, 6.45) is 14.1. The van der Waals surface area contributed by atoms with Crippen LogP contribution in [-0.4, -0.2) is 6.29 Å². The van der Waals surface area contributed by atoms with Crippen LogP contribution < -0.4 is 10.4 Å². The van der Waals surface area contributed by atoms with Crippen LogP contribution in [-0.2, 0) is 9.47 Å². The molecule has 3 aliphatic carbocycles. The molecule has 0 aromatic heterocycles. The molecule has 0 N–H and O–H groups in total. The minimum atomic E-state index is -0.180. The van der Waals surface area contributed by atoms with E-state index in [0.29, 0.717) is 11.8 Å². The molecule has 0 saturated heterocycles. The molecule has 0 bridgehead atoms. The molecule has 1 aromatic rings. The van der Waals surface area contributed by atoms with Gasteiger partial charge in [0.25, 0.3) is 0 Å². The van der Waals surface area contributed by atoms with E-state index in [4.69, 9.17) is 9.47 Å². The molecule has 0 radical (unpaired) electrons. The fourth-order valence-corrected chi connectivity index (χ4v) is 4.14. The first-order valence-corrected chi connectivity index (χ1v) is 8.10. The van der Waals surface area contributed by atoms with Crippen molar-refractivity contribution in [3.63, 3.8) is 0 Å². The summed E-state index contributed by atoms with van der Waals surface area (Å²) >= 11 is 0. The molecule has 3 atom stereocenters. The number of fused-ring (bicyclic) bond motifs is 3. The van der Waals surface area contributed by atoms with Gasteiger partial charge in [0.05, 0.1) is 17.8 Å². The monoisotopic (exact) mass is 290 g/mol. The van der Waals surface area contributed by atoms with Crippen molar-refractivity contribution in [1.82, 2.24) is 0 Å². The Bertz CT molecular complexity index is 841. The maximum absolute atomic E-state index is 6.30. The third-order valence-corrected chi connectivity index (χ3v) is 5.24. The van der Waals surface area contributed by atoms with Gasteiger partial charge in [-0.05, 0) is 36.5 Å². The fourth-order valence-electron chi connectivity index (χ4n) is 4.14. The largest absolute Gasteiger partial charge is 0.461 e. The van der Waals surface area contributed by atoms with E-state index in [9.17, 15) is 0 Å². The highest BCUT2D eigenvalue weighted by atomic mass is 16.7. The van der Waals surface area contributed by atoms with Gasteiger partial charge in [-0.2, -0.15) is 0 Å². The topological polar surface area (TPSA) is 18.5 Å². The Kier molecular flexibility index (Phi) is 2.60. The molecule has 1 fully saturated rings. The van der Waals surface area contributed by atoms with Gasteiger partial charge >= 0.3 is 0 Å². The van der Waals surface area contributed by atoms with Gasteiger partial charge in [0, 0.05) is 5.22 Å². The highest BCUT2D eigenvalue weighted by Crippen LogP contribution is 2.44. The van der Waals surface area contributed by atoms with Crippen LogP contribution in [0, 0.1) is 11.8 Å². The lowest BCUT2D eigenvalue weighted by Crippen LogP contribution is -2.31. The zero-order valence-electron chi connectivity index (χ0n) is 12.4. The lowest BCUT2D eigenvalue weighted by molar-refractivity contribution is -0.0890. The van der Waals surface area contributed by atoms with E-state index in [0.717, 1.165) is 17.8 Å². The third-order valence-electron chi connectivity index (χ3n) is 5.24. The average molecular weight is 290 g/mol. The molecule has 1 heterocycles. The Hall–Kier alpha value is -2.22. The Morgan fingerprint density at radius 2 is 2.05 bits per heavy atom. The summed E-state index contributed by atoms with van der Waals surface area (Å²) in [5.74, 6) is 2.07. The first kappa shape index (κ1) is 12.3. The Morgan fingerprint density at radius 1 is 1.09 bits per heavy atom. The second-order valence-corrected chi connectivity index (χ2v) is 6.47. The molecular formula is C20H18O2. The smallest absolute Gasteiger partial charge is 0.246 e. The Balaban J connectivity index is 1.52. The van der Waals surface area contributed by atoms with Crippen LogP contribution in [0.3, 0.4) is 0 Å². The van der Waals surface area contributed by atoms with Gasteiger partial charge in [-0.3, -0.25) is 0 Å². The number of ether oxygens (including phenoxy) is 2. The molecule has 3 unspecified atom stereocenters. The van der Waals surface area contributed by atoms with Gasteiger partial charge < -0.3 is 9.47 Å². The van der Waals surface area contributed by atoms with Crippen LogP contribution >= 0.6 is 0 Å². The summed E-state index contributed by atoms with van der Waals surface area (Å²) in [6.45, 7) is 0. The van der Waals surface area contributed by atoms with Crippen LogP contribution in [0.1, 0.15) is 19.3 Å². The van der Waals surface area contributed by atoms with E-state index in [1.807, 2.05) is 6.26 Å². The van der Waals surface area contributed by atoms with E-state index in [1.165, 1.54) is 28.9 Å². The first-order valence-electron chi connectivity index (χ1n) is 8.10. The van der Waals surface area contributed by atoms with Crippen LogP contribution in [0.2, 0.25) is 0 Å². The van der Waals surface area contributed by atoms with Crippen LogP contribution in [0.4, 0.5) is 0 Å². The summed E-state index contributed by atoms with van der Waals surface area (Å²) in [4.78, 5) is 0. The first-order chi connectivity index (χ1) is 10.9. The lowest BCUT2D eigenvalue weighted by Gasteiger charge is -2.30. The van der Waals surface area contributed by atoms with Gasteiger partial charge in [0.2, 0.25) is 6.29 Å². The molecule has 4 aliphatic rings. The number of benzene rings is 1. The van der Waals surface area contributed by atoms with Crippen molar-refractivity contribution in [2.45, 2.75) is 25.6 Å². The lowest BCUT2D eigenvalue weighted by atomic mass is 9.90. The number of rotatable bonds is 1. The van der Waals surface area contributed by atoms with Crippen LogP contribution in [0.5, 0.6) is 0 Å². The zero-order valence-corrected chi connectivity index (χ0v) is 12.4. The minimum Gasteiger partial charge on any atom is -0.461 e. The van der Waals surface area contributed by atoms with E-state index in [-0.39, 0.29) is 6.29 Å². The van der Waals surface area contributed by atoms with Crippen LogP contribution in [0.15, 0.2) is 59.9 Å². The molecule has 5 rings (SSSR count). The average Bonchev–Trinajstić information content (AvgIpc) is 3.15. The van der Waals surface area contributed by atoms with Crippen molar-refractivity contribution in [3.05, 3.63) is 70.3 Å². The Labute approximate surface area is 129 Å². The maximum atomic E-state index is 6.30. The standard InChI is InChI=1S/C20H18O2/c1-3-7-16-13(5-1)9-10-18(16)20-21-12-15-11-14-6-2-4-8-17(14)19(15)22-20/h1-4,6-8,11-13,18,20H,5,9-10H2. The van der Waals surface area contributed by atoms with Crippen molar-refractivity contribution in [2.24, 2.45) is 11.8 Å². The van der Waals surface area contributed by atoms with Crippen molar-refractivity contribution in [3.8, 4) is 0 Å². The third kappa shape index (κ3) is 1.73. The van der Waals surface area contributed by atoms with Gasteiger partial charge in [-0.15, -0.1) is 0 Å². The molecule has 0 spiro atoms. The predicted molar refractivity (Wildman–Crippen MR) is 85.7 cm³/mol. The molecule has 22 heavy (non-hydrogen) atoms. The highest BCUT2D eigenvalue weighted by Gasteiger charge is 2.39. The van der Waals surface area contributed by atoms with Gasteiger partial charge in [-0.25, -0.2) is 0 Å². The minimum absolute atomic E-state index is 0.180. The summed E-state index contributed by atoms with van der Waals surface area (Å²) in [7, 11) is 0. The van der Waals surface area contributed by atoms with E-state index in [2.05, 4.69) is 48.6 Å². The van der Waals surface area contributed by atoms with Crippen molar-refractivity contribution < 1.29 is 9.47 Å². The van der Waals surface area contributed by atoms with Crippen molar-refractivity contribution in [2.75, 3.05) is 0 Å². The molecule has 110 valence electrons. The summed E-state index contributed by atoms with van der Waals surface area (Å²) in [5, 5.41) is 2.41. The van der Waals surface area contributed by atoms with E-state index >= 15 is 0 Å². The van der Waals surface area contributed by atoms with Crippen molar-refractivity contribution in [1.29, 1.82) is 0 Å². The predicted octanol–water partition coefficient (Wildman–Crippen LogP) is 2.76. The Morgan fingerprint density at radius 3 is 3.05 bits per heavy atom. The molecule has 2 heteroatoms.